The van der Waals surface area contributed by atoms with Crippen LogP contribution in [0.4, 0.5) is 5.13 Å². The number of rotatable bonds is 4. The molecule has 144 valence electrons. The van der Waals surface area contributed by atoms with Crippen LogP contribution in [0.25, 0.3) is 20.4 Å². The van der Waals surface area contributed by atoms with Crippen molar-refractivity contribution in [2.75, 3.05) is 30.9 Å². The molecule has 11 heteroatoms. The van der Waals surface area contributed by atoms with Gasteiger partial charge in [0.2, 0.25) is 15.9 Å². The van der Waals surface area contributed by atoms with Crippen LogP contribution in [0.2, 0.25) is 0 Å². The molecule has 1 aliphatic heterocycles. The largest absolute Gasteiger partial charge is 0.302 e. The molecule has 0 spiro atoms. The fourth-order valence-corrected chi connectivity index (χ4v) is 6.73. The van der Waals surface area contributed by atoms with Crippen LogP contribution in [0.1, 0.15) is 12.8 Å². The maximum absolute atomic E-state index is 12.7. The van der Waals surface area contributed by atoms with Gasteiger partial charge in [0.15, 0.2) is 9.47 Å². The third kappa shape index (κ3) is 3.83. The minimum atomic E-state index is -3.28. The van der Waals surface area contributed by atoms with Crippen molar-refractivity contribution < 1.29 is 13.2 Å². The van der Waals surface area contributed by atoms with Crippen molar-refractivity contribution in [1.29, 1.82) is 0 Å². The molecule has 2 aromatic heterocycles. The number of thioether (sulfide) groups is 1. The second kappa shape index (κ2) is 7.28. The first-order valence-electron chi connectivity index (χ1n) is 8.35. The molecular weight excluding hydrogens is 424 g/mol. The number of nitrogens with zero attached hydrogens (tertiary/aromatic N) is 3. The van der Waals surface area contributed by atoms with Gasteiger partial charge in [-0.2, -0.15) is 0 Å². The highest BCUT2D eigenvalue weighted by atomic mass is 32.2. The lowest BCUT2D eigenvalue weighted by Gasteiger charge is -2.29. The Morgan fingerprint density at radius 2 is 1.96 bits per heavy atom. The van der Waals surface area contributed by atoms with Gasteiger partial charge in [0.1, 0.15) is 0 Å². The van der Waals surface area contributed by atoms with E-state index in [2.05, 4.69) is 15.3 Å². The minimum Gasteiger partial charge on any atom is -0.302 e. The molecule has 1 atom stereocenters. The number of sulfonamides is 1. The first-order chi connectivity index (χ1) is 12.8. The van der Waals surface area contributed by atoms with Crippen LogP contribution in [0, 0.1) is 5.92 Å². The first kappa shape index (κ1) is 19.1. The van der Waals surface area contributed by atoms with Crippen molar-refractivity contribution in [3.05, 3.63) is 12.1 Å². The molecule has 7 nitrogen and oxygen atoms in total. The summed E-state index contributed by atoms with van der Waals surface area (Å²) in [7, 11) is -3.28. The first-order valence-corrected chi connectivity index (χ1v) is 13.1. The molecule has 1 unspecified atom stereocenters. The van der Waals surface area contributed by atoms with E-state index < -0.39 is 10.0 Å². The van der Waals surface area contributed by atoms with Gasteiger partial charge in [-0.3, -0.25) is 4.79 Å². The van der Waals surface area contributed by atoms with Gasteiger partial charge in [-0.1, -0.05) is 23.1 Å². The molecule has 3 aromatic rings. The van der Waals surface area contributed by atoms with Gasteiger partial charge in [0, 0.05) is 13.1 Å². The number of nitrogens with one attached hydrogen (secondary N) is 1. The number of carbonyl (C=O) groups is 1. The third-order valence-corrected chi connectivity index (χ3v) is 9.00. The predicted molar refractivity (Wildman–Crippen MR) is 112 cm³/mol. The molecule has 27 heavy (non-hydrogen) atoms. The van der Waals surface area contributed by atoms with Gasteiger partial charge >= 0.3 is 0 Å². The number of thiazole rings is 2. The minimum absolute atomic E-state index is 0.173. The van der Waals surface area contributed by atoms with Crippen molar-refractivity contribution in [1.82, 2.24) is 14.3 Å². The van der Waals surface area contributed by atoms with Gasteiger partial charge in [0.05, 0.1) is 32.6 Å². The average Bonchev–Trinajstić information content (AvgIpc) is 3.23. The van der Waals surface area contributed by atoms with E-state index in [1.165, 1.54) is 21.9 Å². The number of anilines is 1. The lowest BCUT2D eigenvalue weighted by molar-refractivity contribution is -0.120. The van der Waals surface area contributed by atoms with Crippen LogP contribution in [0.15, 0.2) is 16.5 Å². The second-order valence-corrected chi connectivity index (χ2v) is 11.4. The summed E-state index contributed by atoms with van der Waals surface area (Å²) in [6.07, 6.45) is 4.55. The number of aromatic nitrogens is 2. The number of hydrogen-bond donors (Lipinski definition) is 1. The van der Waals surface area contributed by atoms with Crippen molar-refractivity contribution >= 4 is 75.9 Å². The Morgan fingerprint density at radius 3 is 2.67 bits per heavy atom. The van der Waals surface area contributed by atoms with Crippen molar-refractivity contribution in [3.63, 3.8) is 0 Å². The highest BCUT2D eigenvalue weighted by Crippen LogP contribution is 2.38. The standard InChI is InChI=1S/C16H18N4O3S4/c1-24-16-18-11-6-5-10-12(13(11)26-16)25-15(17-10)19-14(21)9-4-3-7-20(8-9)27(2,22)23/h5-6,9H,3-4,7-8H2,1-2H3,(H,17,19,21). The number of amides is 1. The Morgan fingerprint density at radius 1 is 1.26 bits per heavy atom. The smallest absolute Gasteiger partial charge is 0.230 e. The molecular formula is C16H18N4O3S4. The number of carbonyl (C=O) groups excluding carboxylic acids is 1. The Balaban J connectivity index is 1.57. The van der Waals surface area contributed by atoms with Gasteiger partial charge in [-0.15, -0.1) is 11.3 Å². The normalized spacial score (nSPS) is 19.0. The molecule has 1 aromatic carbocycles. The van der Waals surface area contributed by atoms with Crippen LogP contribution in [-0.2, 0) is 14.8 Å². The Kier molecular flexibility index (Phi) is 5.14. The van der Waals surface area contributed by atoms with Crippen LogP contribution >= 0.6 is 34.4 Å². The monoisotopic (exact) mass is 442 g/mol. The lowest BCUT2D eigenvalue weighted by Crippen LogP contribution is -2.43. The molecule has 0 aliphatic carbocycles. The summed E-state index contributed by atoms with van der Waals surface area (Å²) >= 11 is 4.67. The Labute approximate surface area is 169 Å². The molecule has 1 fully saturated rings. The zero-order valence-electron chi connectivity index (χ0n) is 14.8. The average molecular weight is 443 g/mol. The quantitative estimate of drug-likeness (QED) is 0.624. The second-order valence-electron chi connectivity index (χ2n) is 6.41. The summed E-state index contributed by atoms with van der Waals surface area (Å²) in [6.45, 7) is 0.705. The predicted octanol–water partition coefficient (Wildman–Crippen LogP) is 3.24. The number of piperidine rings is 1. The molecule has 3 heterocycles. The van der Waals surface area contributed by atoms with E-state index in [1.54, 1.807) is 23.1 Å². The Bertz CT molecular complexity index is 1120. The van der Waals surface area contributed by atoms with Gasteiger partial charge in [-0.05, 0) is 31.2 Å². The maximum atomic E-state index is 12.7. The van der Waals surface area contributed by atoms with E-state index >= 15 is 0 Å². The lowest BCUT2D eigenvalue weighted by atomic mass is 9.99. The number of hydrogen-bond acceptors (Lipinski definition) is 8. The van der Waals surface area contributed by atoms with Crippen LogP contribution < -0.4 is 5.32 Å². The fraction of sp³-hybridized carbons (Fsp3) is 0.438. The molecule has 4 rings (SSSR count). The highest BCUT2D eigenvalue weighted by Gasteiger charge is 2.30. The molecule has 0 radical (unpaired) electrons. The van der Waals surface area contributed by atoms with E-state index in [1.807, 2.05) is 18.4 Å². The van der Waals surface area contributed by atoms with Gasteiger partial charge in [0.25, 0.3) is 0 Å². The van der Waals surface area contributed by atoms with E-state index in [0.717, 1.165) is 24.8 Å². The molecule has 0 saturated carbocycles. The fourth-order valence-electron chi connectivity index (χ4n) is 3.16. The highest BCUT2D eigenvalue weighted by molar-refractivity contribution is 8.00. The van der Waals surface area contributed by atoms with Gasteiger partial charge in [-0.25, -0.2) is 22.7 Å². The van der Waals surface area contributed by atoms with Crippen molar-refractivity contribution in [2.45, 2.75) is 17.2 Å². The molecule has 1 amide bonds. The molecule has 0 bridgehead atoms. The summed E-state index contributed by atoms with van der Waals surface area (Å²) < 4.78 is 28.0. The van der Waals surface area contributed by atoms with E-state index in [4.69, 9.17) is 0 Å². The van der Waals surface area contributed by atoms with E-state index in [9.17, 15) is 13.2 Å². The SMILES string of the molecule is CSc1nc2ccc3nc(NC(=O)C4CCCN(S(C)(=O)=O)C4)sc3c2s1. The topological polar surface area (TPSA) is 92.3 Å². The number of fused-ring (bicyclic) bond motifs is 3. The third-order valence-electron chi connectivity index (χ3n) is 4.52. The summed E-state index contributed by atoms with van der Waals surface area (Å²) in [5, 5.41) is 3.42. The summed E-state index contributed by atoms with van der Waals surface area (Å²) in [5.74, 6) is -0.528. The Hall–Kier alpha value is -1.27. The van der Waals surface area contributed by atoms with Crippen LogP contribution in [-0.4, -0.2) is 54.2 Å². The van der Waals surface area contributed by atoms with Crippen LogP contribution in [0.5, 0.6) is 0 Å². The molecule has 1 N–H and O–H groups in total. The number of benzene rings is 1. The van der Waals surface area contributed by atoms with Crippen LogP contribution in [0.3, 0.4) is 0 Å². The summed E-state index contributed by atoms with van der Waals surface area (Å²) in [5.41, 5.74) is 1.77. The zero-order chi connectivity index (χ0) is 19.2. The van der Waals surface area contributed by atoms with E-state index in [-0.39, 0.29) is 18.4 Å². The zero-order valence-corrected chi connectivity index (χ0v) is 18.0. The van der Waals surface area contributed by atoms with Crippen molar-refractivity contribution in [2.24, 2.45) is 5.92 Å². The summed E-state index contributed by atoms with van der Waals surface area (Å²) in [6, 6.07) is 3.87. The summed E-state index contributed by atoms with van der Waals surface area (Å²) in [4.78, 5) is 21.7. The maximum Gasteiger partial charge on any atom is 0.230 e. The van der Waals surface area contributed by atoms with E-state index in [0.29, 0.717) is 24.5 Å². The molecule has 1 aliphatic rings. The van der Waals surface area contributed by atoms with Crippen molar-refractivity contribution in [3.8, 4) is 0 Å². The van der Waals surface area contributed by atoms with Gasteiger partial charge < -0.3 is 5.32 Å². The molecule has 1 saturated heterocycles.